The Labute approximate surface area is 291 Å². The zero-order valence-electron chi connectivity index (χ0n) is 28.9. The van der Waals surface area contributed by atoms with E-state index in [0.29, 0.717) is 51.2 Å². The molecule has 1 heterocycles. The highest BCUT2D eigenvalue weighted by Crippen LogP contribution is 2.57. The first kappa shape index (κ1) is 36.9. The van der Waals surface area contributed by atoms with Gasteiger partial charge in [-0.25, -0.2) is 0 Å². The van der Waals surface area contributed by atoms with Crippen molar-refractivity contribution in [3.8, 4) is 0 Å². The molecule has 262 valence electrons. The molecule has 1 saturated heterocycles. The normalized spacial score (nSPS) is 27.0. The monoisotopic (exact) mass is 681 g/mol. The van der Waals surface area contributed by atoms with Crippen molar-refractivity contribution in [2.75, 3.05) is 54.4 Å². The molecule has 8 nitrogen and oxygen atoms in total. The molecule has 0 amide bonds. The van der Waals surface area contributed by atoms with Gasteiger partial charge in [0.15, 0.2) is 12.1 Å². The van der Waals surface area contributed by atoms with Crippen LogP contribution in [0.2, 0.25) is 0 Å². The summed E-state index contributed by atoms with van der Waals surface area (Å²) in [6.45, 7) is 5.86. The van der Waals surface area contributed by atoms with E-state index in [1.165, 1.54) is 0 Å². The lowest BCUT2D eigenvalue weighted by Gasteiger charge is -2.62. The van der Waals surface area contributed by atoms with Crippen LogP contribution in [0.5, 0.6) is 0 Å². The quantitative estimate of drug-likeness (QED) is 0.127. The van der Waals surface area contributed by atoms with E-state index < -0.39 is 17.3 Å². The first-order valence-electron chi connectivity index (χ1n) is 17.1. The summed E-state index contributed by atoms with van der Waals surface area (Å²) in [5, 5.41) is 0. The van der Waals surface area contributed by atoms with E-state index in [0.717, 1.165) is 42.6 Å². The van der Waals surface area contributed by atoms with Crippen molar-refractivity contribution in [3.63, 3.8) is 0 Å². The van der Waals surface area contributed by atoms with E-state index in [1.807, 2.05) is 66.7 Å². The van der Waals surface area contributed by atoms with Crippen molar-refractivity contribution in [1.82, 2.24) is 4.90 Å². The predicted octanol–water partition coefficient (Wildman–Crippen LogP) is 6.71. The van der Waals surface area contributed by atoms with E-state index in [4.69, 9.17) is 40.0 Å². The number of methoxy groups -OCH3 is 3. The largest absolute Gasteiger partial charge is 0.384 e. The molecule has 2 bridgehead atoms. The Balaban J connectivity index is 1.54. The van der Waals surface area contributed by atoms with Crippen LogP contribution >= 0.6 is 11.6 Å². The Morgan fingerprint density at radius 2 is 1.62 bits per heavy atom. The van der Waals surface area contributed by atoms with Gasteiger partial charge in [-0.1, -0.05) is 79.7 Å². The number of carbonyl (C=O) groups is 1. The summed E-state index contributed by atoms with van der Waals surface area (Å²) < 4.78 is 37.1. The van der Waals surface area contributed by atoms with Gasteiger partial charge in [-0.15, -0.1) is 11.6 Å². The Hall–Kier alpha value is -2.40. The van der Waals surface area contributed by atoms with E-state index in [9.17, 15) is 4.79 Å². The van der Waals surface area contributed by atoms with Crippen LogP contribution in [-0.4, -0.2) is 88.4 Å². The highest BCUT2D eigenvalue weighted by Gasteiger charge is 2.64. The van der Waals surface area contributed by atoms with Gasteiger partial charge < -0.3 is 33.3 Å². The van der Waals surface area contributed by atoms with Gasteiger partial charge in [0.2, 0.25) is 0 Å². The Morgan fingerprint density at radius 1 is 0.958 bits per heavy atom. The molecular formula is C39H52ClNO7. The summed E-state index contributed by atoms with van der Waals surface area (Å²) in [7, 11) is 5.12. The molecule has 0 N–H and O–H groups in total. The highest BCUT2D eigenvalue weighted by atomic mass is 35.5. The summed E-state index contributed by atoms with van der Waals surface area (Å²) in [5.74, 6) is -0.0798. The number of hydrogen-bond donors (Lipinski definition) is 0. The number of hydrogen-bond acceptors (Lipinski definition) is 8. The van der Waals surface area contributed by atoms with Crippen molar-refractivity contribution in [2.45, 2.75) is 75.6 Å². The number of halogens is 1. The lowest BCUT2D eigenvalue weighted by molar-refractivity contribution is -0.180. The minimum Gasteiger partial charge on any atom is -0.384 e. The van der Waals surface area contributed by atoms with Crippen molar-refractivity contribution < 1.29 is 33.2 Å². The summed E-state index contributed by atoms with van der Waals surface area (Å²) in [6, 6.07) is 20.1. The molecule has 5 rings (SSSR count). The zero-order chi connectivity index (χ0) is 34.0. The molecule has 5 atom stereocenters. The number of ketones is 1. The number of allylic oxidation sites excluding steroid dienone is 2. The van der Waals surface area contributed by atoms with Crippen molar-refractivity contribution in [2.24, 2.45) is 11.3 Å². The predicted molar refractivity (Wildman–Crippen MR) is 187 cm³/mol. The van der Waals surface area contributed by atoms with Gasteiger partial charge in [0.05, 0.1) is 36.9 Å². The molecule has 1 aliphatic heterocycles. The third-order valence-corrected chi connectivity index (χ3v) is 10.8. The van der Waals surface area contributed by atoms with Gasteiger partial charge >= 0.3 is 0 Å². The first-order chi connectivity index (χ1) is 23.4. The standard InChI is InChI=1S/C39H52ClNO7/c1-5-41-25-38(27-43-2)20-19-35(45-4)39(40,26-41)37(38)34(48-28-44-3)21-31(32-17-12-18-33(32)42)22-36(46-23-29-13-8-6-9-14-29)47-24-30-15-10-7-11-16-30/h6-11,13-17,21,34-37H,5,12,18-20,22-28H2,1-4H3/b31-21-/t34-,35+,37-,38+,39-/m1/s1. The molecule has 0 spiro atoms. The van der Waals surface area contributed by atoms with Crippen molar-refractivity contribution in [1.29, 1.82) is 0 Å². The Bertz CT molecular complexity index is 1320. The number of benzene rings is 2. The molecule has 2 aromatic carbocycles. The second-order valence-electron chi connectivity index (χ2n) is 13.3. The minimum atomic E-state index is -0.763. The molecule has 3 aliphatic rings. The van der Waals surface area contributed by atoms with E-state index >= 15 is 0 Å². The summed E-state index contributed by atoms with van der Waals surface area (Å²) in [5.41, 5.74) is 3.31. The van der Waals surface area contributed by atoms with Crippen LogP contribution in [0.4, 0.5) is 0 Å². The molecule has 2 aromatic rings. The number of likely N-dealkylation sites (tertiary alicyclic amines) is 1. The van der Waals surface area contributed by atoms with Gasteiger partial charge in [-0.05, 0) is 42.5 Å². The second-order valence-corrected chi connectivity index (χ2v) is 14.0. The molecular weight excluding hydrogens is 630 g/mol. The summed E-state index contributed by atoms with van der Waals surface area (Å²) in [4.78, 5) is 15.0. The fraction of sp³-hybridized carbons (Fsp3) is 0.564. The van der Waals surface area contributed by atoms with Gasteiger partial charge in [-0.2, -0.15) is 0 Å². The molecule has 0 aromatic heterocycles. The number of alkyl halides is 1. The maximum Gasteiger partial charge on any atom is 0.163 e. The summed E-state index contributed by atoms with van der Waals surface area (Å²) in [6.07, 6.45) is 6.07. The maximum absolute atomic E-state index is 13.4. The maximum atomic E-state index is 13.4. The van der Waals surface area contributed by atoms with E-state index in [1.54, 1.807) is 21.3 Å². The van der Waals surface area contributed by atoms with Crippen LogP contribution < -0.4 is 0 Å². The van der Waals surface area contributed by atoms with Gasteiger partial charge in [-0.3, -0.25) is 4.79 Å². The number of Topliss-reactive ketones (excluding diaryl/α,β-unsaturated/α-hetero) is 1. The lowest BCUT2D eigenvalue weighted by Crippen LogP contribution is -2.71. The van der Waals surface area contributed by atoms with Gasteiger partial charge in [0.1, 0.15) is 6.79 Å². The number of piperidine rings is 1. The molecule has 2 fully saturated rings. The highest BCUT2D eigenvalue weighted by molar-refractivity contribution is 6.25. The van der Waals surface area contributed by atoms with Crippen LogP contribution in [0.25, 0.3) is 0 Å². The van der Waals surface area contributed by atoms with Crippen molar-refractivity contribution in [3.05, 3.63) is 95.1 Å². The van der Waals surface area contributed by atoms with E-state index in [-0.39, 0.29) is 30.0 Å². The summed E-state index contributed by atoms with van der Waals surface area (Å²) >= 11 is 7.82. The molecule has 0 unspecified atom stereocenters. The molecule has 1 saturated carbocycles. The number of rotatable bonds is 18. The van der Waals surface area contributed by atoms with Crippen molar-refractivity contribution >= 4 is 17.4 Å². The number of fused-ring (bicyclic) bond motifs is 2. The molecule has 9 heteroatoms. The average Bonchev–Trinajstić information content (AvgIpc) is 3.53. The Kier molecular flexibility index (Phi) is 13.4. The molecule has 48 heavy (non-hydrogen) atoms. The number of nitrogens with zero attached hydrogens (tertiary/aromatic N) is 1. The Morgan fingerprint density at radius 3 is 2.17 bits per heavy atom. The third kappa shape index (κ3) is 8.66. The third-order valence-electron chi connectivity index (χ3n) is 10.2. The van der Waals surface area contributed by atoms with Gasteiger partial charge in [0.25, 0.3) is 0 Å². The van der Waals surface area contributed by atoms with Crippen LogP contribution in [0.15, 0.2) is 84.0 Å². The van der Waals surface area contributed by atoms with Crippen LogP contribution in [0.3, 0.4) is 0 Å². The smallest absolute Gasteiger partial charge is 0.163 e. The SMILES string of the molecule is CCN1C[C@]2(COC)CC[C@H](OC)[C@](Cl)(C1)[C@@H]2[C@@H](/C=C(/CC(OCc1ccccc1)OCc1ccccc1)C1=CCCC1=O)OCOC. The topological polar surface area (TPSA) is 75.7 Å². The fourth-order valence-electron chi connectivity index (χ4n) is 8.03. The number of ether oxygens (including phenoxy) is 6. The second kappa shape index (κ2) is 17.5. The first-order valence-corrected chi connectivity index (χ1v) is 17.5. The number of carbonyl (C=O) groups excluding carboxylic acids is 1. The zero-order valence-corrected chi connectivity index (χ0v) is 29.7. The van der Waals surface area contributed by atoms with Crippen LogP contribution in [0, 0.1) is 11.3 Å². The average molecular weight is 682 g/mol. The van der Waals surface area contributed by atoms with Gasteiger partial charge in [0, 0.05) is 64.2 Å². The molecule has 0 radical (unpaired) electrons. The molecule has 2 aliphatic carbocycles. The van der Waals surface area contributed by atoms with Crippen LogP contribution in [0.1, 0.15) is 50.2 Å². The van der Waals surface area contributed by atoms with Crippen LogP contribution in [-0.2, 0) is 46.4 Å². The fourth-order valence-corrected chi connectivity index (χ4v) is 8.75. The van der Waals surface area contributed by atoms with E-state index in [2.05, 4.69) is 17.9 Å². The lowest BCUT2D eigenvalue weighted by atomic mass is 9.55. The minimum absolute atomic E-state index is 0.0710.